The Morgan fingerprint density at radius 1 is 1.13 bits per heavy atom. The van der Waals surface area contributed by atoms with Gasteiger partial charge in [-0.1, -0.05) is 0 Å². The fraction of sp³-hybridized carbons (Fsp3) is 0.682. The molecule has 1 aromatic carbocycles. The van der Waals surface area contributed by atoms with E-state index in [-0.39, 0.29) is 12.4 Å². The van der Waals surface area contributed by atoms with Crippen molar-refractivity contribution in [2.24, 2.45) is 11.8 Å². The molecule has 5 nitrogen and oxygen atoms in total. The average Bonchev–Trinajstić information content (AvgIpc) is 2.66. The molecule has 0 radical (unpaired) electrons. The van der Waals surface area contributed by atoms with Gasteiger partial charge in [0.2, 0.25) is 0 Å². The molecule has 0 bridgehead atoms. The van der Waals surface area contributed by atoms with Crippen LogP contribution in [0.5, 0.6) is 5.75 Å². The van der Waals surface area contributed by atoms with E-state index in [0.717, 1.165) is 73.9 Å². The molecule has 1 saturated carbocycles. The highest BCUT2D eigenvalue weighted by Crippen LogP contribution is 2.32. The van der Waals surface area contributed by atoms with Gasteiger partial charge in [-0.3, -0.25) is 0 Å². The number of likely N-dealkylation sites (N-methyl/N-ethyl adjacent to an activating group) is 1. The molecule has 30 heavy (non-hydrogen) atoms. The van der Waals surface area contributed by atoms with Crippen LogP contribution in [0.1, 0.15) is 37.7 Å². The molecule has 1 aliphatic carbocycles. The number of hydrogen-bond acceptors (Lipinski definition) is 3. The molecular formula is C22H34F3N2O3+. The molecule has 1 aliphatic rings. The summed E-state index contributed by atoms with van der Waals surface area (Å²) in [7, 11) is 5.95. The number of carbonyl (C=O) groups is 1. The lowest BCUT2D eigenvalue weighted by Crippen LogP contribution is -2.46. The molecule has 0 heterocycles. The normalized spacial score (nSPS) is 20.1. The van der Waals surface area contributed by atoms with E-state index in [1.807, 2.05) is 0 Å². The van der Waals surface area contributed by atoms with E-state index < -0.39 is 17.8 Å². The third-order valence-corrected chi connectivity index (χ3v) is 6.00. The van der Waals surface area contributed by atoms with E-state index >= 15 is 0 Å². The van der Waals surface area contributed by atoms with Crippen LogP contribution in [0, 0.1) is 11.8 Å². The zero-order valence-electron chi connectivity index (χ0n) is 18.1. The highest BCUT2D eigenvalue weighted by Gasteiger charge is 2.30. The Morgan fingerprint density at radius 2 is 1.70 bits per heavy atom. The van der Waals surface area contributed by atoms with Crippen LogP contribution >= 0.6 is 0 Å². The summed E-state index contributed by atoms with van der Waals surface area (Å²) in [6.45, 7) is 2.61. The lowest BCUT2D eigenvalue weighted by Gasteiger charge is -2.36. The number of alkyl halides is 3. The third-order valence-electron chi connectivity index (χ3n) is 6.00. The number of ether oxygens (including phenoxy) is 1. The van der Waals surface area contributed by atoms with Crippen molar-refractivity contribution in [3.8, 4) is 5.75 Å². The SMILES string of the molecule is CN(CCC1CCC(C[N+](C)(C)CCO)CC1)C(=O)Oc1ccc(C(F)(F)F)cc1. The summed E-state index contributed by atoms with van der Waals surface area (Å²) >= 11 is 0. The molecule has 0 atom stereocenters. The third kappa shape index (κ3) is 7.80. The Kier molecular flexibility index (Phi) is 8.55. The van der Waals surface area contributed by atoms with Crippen LogP contribution < -0.4 is 4.74 Å². The van der Waals surface area contributed by atoms with Gasteiger partial charge in [0.15, 0.2) is 0 Å². The van der Waals surface area contributed by atoms with Gasteiger partial charge in [-0.2, -0.15) is 13.2 Å². The Morgan fingerprint density at radius 3 is 2.23 bits per heavy atom. The number of nitrogens with zero attached hydrogens (tertiary/aromatic N) is 2. The van der Waals surface area contributed by atoms with Crippen LogP contribution in [0.4, 0.5) is 18.0 Å². The van der Waals surface area contributed by atoms with Crippen LogP contribution in [0.15, 0.2) is 24.3 Å². The molecule has 2 rings (SSSR count). The van der Waals surface area contributed by atoms with E-state index in [0.29, 0.717) is 18.4 Å². The van der Waals surface area contributed by atoms with Crippen LogP contribution in [0.2, 0.25) is 0 Å². The first kappa shape index (κ1) is 24.5. The summed E-state index contributed by atoms with van der Waals surface area (Å²) in [5, 5.41) is 9.17. The van der Waals surface area contributed by atoms with Crippen molar-refractivity contribution in [1.29, 1.82) is 0 Å². The maximum atomic E-state index is 12.6. The Hall–Kier alpha value is -1.80. The van der Waals surface area contributed by atoms with Gasteiger partial charge in [0.05, 0.1) is 32.8 Å². The molecule has 0 saturated heterocycles. The van der Waals surface area contributed by atoms with Gasteiger partial charge < -0.3 is 19.2 Å². The second kappa shape index (κ2) is 10.5. The monoisotopic (exact) mass is 431 g/mol. The van der Waals surface area contributed by atoms with Gasteiger partial charge in [0.25, 0.3) is 0 Å². The minimum absolute atomic E-state index is 0.101. The number of hydrogen-bond donors (Lipinski definition) is 1. The molecule has 1 aromatic rings. The number of benzene rings is 1. The standard InChI is InChI=1S/C22H34F3N2O3/c1-26(21(29)30-20-10-8-19(9-11-20)22(23,24)25)13-12-17-4-6-18(7-5-17)16-27(2,3)14-15-28/h8-11,17-18,28H,4-7,12-16H2,1-3H3/q+1. The molecule has 8 heteroatoms. The maximum absolute atomic E-state index is 12.6. The second-order valence-corrected chi connectivity index (χ2v) is 9.05. The summed E-state index contributed by atoms with van der Waals surface area (Å²) < 4.78 is 43.8. The van der Waals surface area contributed by atoms with Gasteiger partial charge in [-0.15, -0.1) is 0 Å². The smallest absolute Gasteiger partial charge is 0.410 e. The summed E-state index contributed by atoms with van der Waals surface area (Å²) in [5.41, 5.74) is -0.773. The van der Waals surface area contributed by atoms with Crippen molar-refractivity contribution in [2.45, 2.75) is 38.3 Å². The first-order valence-corrected chi connectivity index (χ1v) is 10.5. The van der Waals surface area contributed by atoms with E-state index in [9.17, 15) is 23.1 Å². The van der Waals surface area contributed by atoms with E-state index in [2.05, 4.69) is 14.1 Å². The van der Waals surface area contributed by atoms with Crippen molar-refractivity contribution < 1.29 is 32.3 Å². The number of quaternary nitrogens is 1. The lowest BCUT2D eigenvalue weighted by molar-refractivity contribution is -0.894. The Balaban J connectivity index is 1.72. The predicted molar refractivity (Wildman–Crippen MR) is 109 cm³/mol. The topological polar surface area (TPSA) is 49.8 Å². The second-order valence-electron chi connectivity index (χ2n) is 9.05. The molecule has 1 fully saturated rings. The summed E-state index contributed by atoms with van der Waals surface area (Å²) in [6.07, 6.45) is 0.504. The lowest BCUT2D eigenvalue weighted by atomic mass is 9.80. The number of aliphatic hydroxyl groups is 1. The highest BCUT2D eigenvalue weighted by molar-refractivity contribution is 5.70. The number of aliphatic hydroxyl groups excluding tert-OH is 1. The number of halogens is 3. The van der Waals surface area contributed by atoms with Crippen LogP contribution in [0.25, 0.3) is 0 Å². The van der Waals surface area contributed by atoms with Gasteiger partial charge in [0.1, 0.15) is 12.3 Å². The van der Waals surface area contributed by atoms with Crippen LogP contribution in [0.3, 0.4) is 0 Å². The summed E-state index contributed by atoms with van der Waals surface area (Å²) in [6, 6.07) is 4.13. The van der Waals surface area contributed by atoms with Gasteiger partial charge >= 0.3 is 12.3 Å². The zero-order chi connectivity index (χ0) is 22.4. The van der Waals surface area contributed by atoms with Crippen LogP contribution in [-0.4, -0.2) is 68.0 Å². The largest absolute Gasteiger partial charge is 0.416 e. The Labute approximate surface area is 177 Å². The Bertz CT molecular complexity index is 669. The van der Waals surface area contributed by atoms with Gasteiger partial charge in [-0.25, -0.2) is 4.79 Å². The summed E-state index contributed by atoms with van der Waals surface area (Å²) in [4.78, 5) is 13.7. The molecule has 1 N–H and O–H groups in total. The first-order valence-electron chi connectivity index (χ1n) is 10.5. The van der Waals surface area contributed by atoms with Crippen molar-refractivity contribution >= 4 is 6.09 Å². The fourth-order valence-corrected chi connectivity index (χ4v) is 4.12. The first-order chi connectivity index (χ1) is 14.0. The molecule has 1 amide bonds. The van der Waals surface area contributed by atoms with Crippen molar-refractivity contribution in [3.05, 3.63) is 29.8 Å². The molecule has 0 aliphatic heterocycles. The van der Waals surface area contributed by atoms with Crippen LogP contribution in [-0.2, 0) is 6.18 Å². The molecule has 0 unspecified atom stereocenters. The van der Waals surface area contributed by atoms with Gasteiger partial charge in [0, 0.05) is 19.5 Å². The van der Waals surface area contributed by atoms with Crippen molar-refractivity contribution in [3.63, 3.8) is 0 Å². The molecule has 0 aromatic heterocycles. The fourth-order valence-electron chi connectivity index (χ4n) is 4.12. The van der Waals surface area contributed by atoms with Crippen molar-refractivity contribution in [1.82, 2.24) is 4.90 Å². The number of amides is 1. The number of carbonyl (C=O) groups excluding carboxylic acids is 1. The summed E-state index contributed by atoms with van der Waals surface area (Å²) in [5.74, 6) is 1.34. The van der Waals surface area contributed by atoms with E-state index in [1.54, 1.807) is 7.05 Å². The van der Waals surface area contributed by atoms with Gasteiger partial charge in [-0.05, 0) is 62.3 Å². The maximum Gasteiger partial charge on any atom is 0.416 e. The number of rotatable bonds is 8. The minimum Gasteiger partial charge on any atom is -0.410 e. The zero-order valence-corrected chi connectivity index (χ0v) is 18.1. The minimum atomic E-state index is -4.41. The van der Waals surface area contributed by atoms with Crippen molar-refractivity contribution in [2.75, 3.05) is 47.4 Å². The predicted octanol–water partition coefficient (Wildman–Crippen LogP) is 4.40. The highest BCUT2D eigenvalue weighted by atomic mass is 19.4. The quantitative estimate of drug-likeness (QED) is 0.621. The molecule has 170 valence electrons. The molecule has 0 spiro atoms. The average molecular weight is 432 g/mol. The van der Waals surface area contributed by atoms with E-state index in [4.69, 9.17) is 4.74 Å². The molecular weight excluding hydrogens is 397 g/mol. The van der Waals surface area contributed by atoms with E-state index in [1.165, 1.54) is 4.90 Å².